The van der Waals surface area contributed by atoms with Crippen molar-refractivity contribution in [3.05, 3.63) is 34.9 Å². The topological polar surface area (TPSA) is 15.3 Å². The first-order valence-electron chi connectivity index (χ1n) is 7.63. The lowest BCUT2D eigenvalue weighted by molar-refractivity contribution is 0.316. The van der Waals surface area contributed by atoms with E-state index in [1.165, 1.54) is 55.5 Å². The van der Waals surface area contributed by atoms with Gasteiger partial charge in [0.25, 0.3) is 0 Å². The second-order valence-electron chi connectivity index (χ2n) is 6.07. The first kappa shape index (κ1) is 14.5. The van der Waals surface area contributed by atoms with Gasteiger partial charge in [0, 0.05) is 12.6 Å². The maximum atomic E-state index is 3.58. The summed E-state index contributed by atoms with van der Waals surface area (Å²) in [6.07, 6.45) is 5.19. The van der Waals surface area contributed by atoms with Crippen molar-refractivity contribution in [2.75, 3.05) is 26.7 Å². The van der Waals surface area contributed by atoms with E-state index in [4.69, 9.17) is 0 Å². The lowest BCUT2D eigenvalue weighted by atomic mass is 10.0. The van der Waals surface area contributed by atoms with Crippen LogP contribution in [0.3, 0.4) is 0 Å². The van der Waals surface area contributed by atoms with Crippen molar-refractivity contribution in [3.63, 3.8) is 0 Å². The Kier molecular flexibility index (Phi) is 5.41. The van der Waals surface area contributed by atoms with Crippen LogP contribution in [-0.4, -0.2) is 37.6 Å². The Labute approximate surface area is 118 Å². The highest BCUT2D eigenvalue weighted by molar-refractivity contribution is 5.30. The van der Waals surface area contributed by atoms with Gasteiger partial charge in [0.1, 0.15) is 0 Å². The molecule has 2 heteroatoms. The van der Waals surface area contributed by atoms with Crippen molar-refractivity contribution in [1.82, 2.24) is 10.2 Å². The summed E-state index contributed by atoms with van der Waals surface area (Å²) in [6.45, 7) is 7.99. The quantitative estimate of drug-likeness (QED) is 0.846. The SMILES string of the molecule is Cc1ccc(C)c(CCN(C)CCC2CCCN2)c1. The Morgan fingerprint density at radius 3 is 2.84 bits per heavy atom. The maximum Gasteiger partial charge on any atom is 0.00797 e. The molecular formula is C17H28N2. The van der Waals surface area contributed by atoms with E-state index >= 15 is 0 Å². The van der Waals surface area contributed by atoms with E-state index in [9.17, 15) is 0 Å². The van der Waals surface area contributed by atoms with Crippen LogP contribution >= 0.6 is 0 Å². The van der Waals surface area contributed by atoms with Crippen LogP contribution in [0.25, 0.3) is 0 Å². The van der Waals surface area contributed by atoms with Crippen LogP contribution in [0.4, 0.5) is 0 Å². The van der Waals surface area contributed by atoms with Gasteiger partial charge in [-0.1, -0.05) is 23.8 Å². The molecule has 106 valence electrons. The molecule has 0 radical (unpaired) electrons. The molecule has 1 unspecified atom stereocenters. The Morgan fingerprint density at radius 1 is 1.26 bits per heavy atom. The average molecular weight is 260 g/mol. The fraction of sp³-hybridized carbons (Fsp3) is 0.647. The number of hydrogen-bond donors (Lipinski definition) is 1. The second-order valence-corrected chi connectivity index (χ2v) is 6.07. The molecule has 1 aromatic carbocycles. The van der Waals surface area contributed by atoms with Crippen LogP contribution < -0.4 is 5.32 Å². The molecule has 2 rings (SSSR count). The van der Waals surface area contributed by atoms with Crippen LogP contribution in [0.1, 0.15) is 36.0 Å². The average Bonchev–Trinajstić information content (AvgIpc) is 2.90. The van der Waals surface area contributed by atoms with Crippen molar-refractivity contribution < 1.29 is 0 Å². The molecule has 0 spiro atoms. The summed E-state index contributed by atoms with van der Waals surface area (Å²) in [7, 11) is 2.25. The zero-order valence-corrected chi connectivity index (χ0v) is 12.7. The molecule has 19 heavy (non-hydrogen) atoms. The van der Waals surface area contributed by atoms with E-state index in [1.807, 2.05) is 0 Å². The minimum Gasteiger partial charge on any atom is -0.314 e. The largest absolute Gasteiger partial charge is 0.314 e. The fourth-order valence-electron chi connectivity index (χ4n) is 2.87. The molecule has 0 saturated carbocycles. The van der Waals surface area contributed by atoms with Gasteiger partial charge >= 0.3 is 0 Å². The zero-order chi connectivity index (χ0) is 13.7. The highest BCUT2D eigenvalue weighted by Gasteiger charge is 2.14. The van der Waals surface area contributed by atoms with Crippen LogP contribution in [0, 0.1) is 13.8 Å². The lowest BCUT2D eigenvalue weighted by Crippen LogP contribution is -2.29. The van der Waals surface area contributed by atoms with E-state index in [0.29, 0.717) is 0 Å². The Morgan fingerprint density at radius 2 is 2.11 bits per heavy atom. The van der Waals surface area contributed by atoms with Crippen molar-refractivity contribution >= 4 is 0 Å². The number of nitrogens with one attached hydrogen (secondary N) is 1. The Balaban J connectivity index is 1.73. The maximum absolute atomic E-state index is 3.58. The smallest absolute Gasteiger partial charge is 0.00797 e. The van der Waals surface area contributed by atoms with Gasteiger partial charge in [0.15, 0.2) is 0 Å². The molecular weight excluding hydrogens is 232 g/mol. The normalized spacial score (nSPS) is 19.3. The molecule has 1 fully saturated rings. The minimum absolute atomic E-state index is 0.767. The molecule has 2 nitrogen and oxygen atoms in total. The van der Waals surface area contributed by atoms with E-state index in [0.717, 1.165) is 12.6 Å². The third kappa shape index (κ3) is 4.63. The first-order chi connectivity index (χ1) is 9.15. The van der Waals surface area contributed by atoms with Crippen LogP contribution in [-0.2, 0) is 6.42 Å². The molecule has 1 heterocycles. The molecule has 1 saturated heterocycles. The molecule has 1 aromatic rings. The van der Waals surface area contributed by atoms with Gasteiger partial charge in [-0.15, -0.1) is 0 Å². The minimum atomic E-state index is 0.767. The van der Waals surface area contributed by atoms with E-state index in [-0.39, 0.29) is 0 Å². The molecule has 0 aliphatic carbocycles. The molecule has 1 atom stereocenters. The highest BCUT2D eigenvalue weighted by Crippen LogP contribution is 2.12. The predicted molar refractivity (Wildman–Crippen MR) is 82.8 cm³/mol. The molecule has 0 bridgehead atoms. The molecule has 1 aliphatic heterocycles. The monoisotopic (exact) mass is 260 g/mol. The van der Waals surface area contributed by atoms with Gasteiger partial charge in [-0.2, -0.15) is 0 Å². The number of likely N-dealkylation sites (N-methyl/N-ethyl adjacent to an activating group) is 1. The van der Waals surface area contributed by atoms with Gasteiger partial charge in [-0.3, -0.25) is 0 Å². The van der Waals surface area contributed by atoms with Crippen LogP contribution in [0.2, 0.25) is 0 Å². The van der Waals surface area contributed by atoms with Gasteiger partial charge in [0.05, 0.1) is 0 Å². The van der Waals surface area contributed by atoms with Crippen molar-refractivity contribution in [2.45, 2.75) is 45.6 Å². The van der Waals surface area contributed by atoms with E-state index < -0.39 is 0 Å². The Hall–Kier alpha value is -0.860. The van der Waals surface area contributed by atoms with Crippen molar-refractivity contribution in [3.8, 4) is 0 Å². The fourth-order valence-corrected chi connectivity index (χ4v) is 2.87. The zero-order valence-electron chi connectivity index (χ0n) is 12.7. The summed E-state index contributed by atoms with van der Waals surface area (Å²) in [4.78, 5) is 2.47. The second kappa shape index (κ2) is 7.06. The number of hydrogen-bond acceptors (Lipinski definition) is 2. The van der Waals surface area contributed by atoms with Crippen molar-refractivity contribution in [2.24, 2.45) is 0 Å². The number of rotatable bonds is 6. The summed E-state index contributed by atoms with van der Waals surface area (Å²) >= 11 is 0. The van der Waals surface area contributed by atoms with E-state index in [2.05, 4.69) is 49.3 Å². The standard InChI is InChI=1S/C17H28N2/c1-14-6-7-15(2)16(13-14)8-11-19(3)12-9-17-5-4-10-18-17/h6-7,13,17-18H,4-5,8-12H2,1-3H3. The number of nitrogens with zero attached hydrogens (tertiary/aromatic N) is 1. The van der Waals surface area contributed by atoms with Crippen LogP contribution in [0.5, 0.6) is 0 Å². The third-order valence-electron chi connectivity index (χ3n) is 4.29. The molecule has 1 N–H and O–H groups in total. The number of benzene rings is 1. The van der Waals surface area contributed by atoms with Crippen molar-refractivity contribution in [1.29, 1.82) is 0 Å². The van der Waals surface area contributed by atoms with Gasteiger partial charge in [-0.05, 0) is 70.8 Å². The molecule has 1 aliphatic rings. The van der Waals surface area contributed by atoms with Gasteiger partial charge in [-0.25, -0.2) is 0 Å². The lowest BCUT2D eigenvalue weighted by Gasteiger charge is -2.19. The third-order valence-corrected chi connectivity index (χ3v) is 4.29. The first-order valence-corrected chi connectivity index (χ1v) is 7.63. The summed E-state index contributed by atoms with van der Waals surface area (Å²) in [5, 5.41) is 3.58. The number of aryl methyl sites for hydroxylation is 2. The highest BCUT2D eigenvalue weighted by atomic mass is 15.1. The van der Waals surface area contributed by atoms with Crippen LogP contribution in [0.15, 0.2) is 18.2 Å². The summed E-state index contributed by atoms with van der Waals surface area (Å²) in [5.41, 5.74) is 4.31. The molecule has 0 aromatic heterocycles. The van der Waals surface area contributed by atoms with Gasteiger partial charge < -0.3 is 10.2 Å². The molecule has 0 amide bonds. The summed E-state index contributed by atoms with van der Waals surface area (Å²) < 4.78 is 0. The van der Waals surface area contributed by atoms with E-state index in [1.54, 1.807) is 0 Å². The summed E-state index contributed by atoms with van der Waals surface area (Å²) in [5.74, 6) is 0. The summed E-state index contributed by atoms with van der Waals surface area (Å²) in [6, 6.07) is 7.55. The predicted octanol–water partition coefficient (Wildman–Crippen LogP) is 2.92. The Bertz CT molecular complexity index is 394. The van der Waals surface area contributed by atoms with Gasteiger partial charge in [0.2, 0.25) is 0 Å².